The Bertz CT molecular complexity index is 1000. The van der Waals surface area contributed by atoms with E-state index in [1.165, 1.54) is 23.5 Å². The molecule has 0 saturated heterocycles. The predicted molar refractivity (Wildman–Crippen MR) is 102 cm³/mol. The first-order valence-electron chi connectivity index (χ1n) is 7.81. The van der Waals surface area contributed by atoms with E-state index < -0.39 is 16.7 Å². The highest BCUT2D eigenvalue weighted by Gasteiger charge is 2.16. The van der Waals surface area contributed by atoms with Gasteiger partial charge < -0.3 is 0 Å². The number of para-hydroxylation sites is 1. The second-order valence-corrected chi connectivity index (χ2v) is 7.02. The van der Waals surface area contributed by atoms with Gasteiger partial charge in [-0.25, -0.2) is 4.98 Å². The number of carbonyl (C=O) groups excluding carboxylic acids is 2. The lowest BCUT2D eigenvalue weighted by Crippen LogP contribution is -2.41. The van der Waals surface area contributed by atoms with Crippen LogP contribution in [0.2, 0.25) is 5.02 Å². The number of hydrogen-bond acceptors (Lipinski definition) is 6. The number of halogens is 1. The quantitative estimate of drug-likeness (QED) is 0.500. The molecule has 1 heterocycles. The molecule has 2 N–H and O–H groups in total. The molecule has 0 radical (unpaired) electrons. The van der Waals surface area contributed by atoms with Crippen LogP contribution in [-0.4, -0.2) is 21.7 Å². The van der Waals surface area contributed by atoms with E-state index in [2.05, 4.69) is 15.8 Å². The summed E-state index contributed by atoms with van der Waals surface area (Å²) in [5.41, 5.74) is 5.02. The summed E-state index contributed by atoms with van der Waals surface area (Å²) in [7, 11) is 0. The zero-order chi connectivity index (χ0) is 19.4. The van der Waals surface area contributed by atoms with Crippen LogP contribution in [0.15, 0.2) is 42.5 Å². The average Bonchev–Trinajstić information content (AvgIpc) is 3.07. The lowest BCUT2D eigenvalue weighted by molar-refractivity contribution is -0.384. The third-order valence-electron chi connectivity index (χ3n) is 3.62. The third kappa shape index (κ3) is 4.57. The molecule has 0 aliphatic heterocycles. The fourth-order valence-electron chi connectivity index (χ4n) is 2.30. The Hall–Kier alpha value is -3.04. The number of aromatic nitrogens is 1. The number of hydrazine groups is 1. The van der Waals surface area contributed by atoms with E-state index in [0.29, 0.717) is 6.42 Å². The molecule has 0 aliphatic carbocycles. The molecule has 1 aromatic heterocycles. The fourth-order valence-corrected chi connectivity index (χ4v) is 3.46. The van der Waals surface area contributed by atoms with Crippen LogP contribution in [0.5, 0.6) is 0 Å². The highest BCUT2D eigenvalue weighted by Crippen LogP contribution is 2.25. The van der Waals surface area contributed by atoms with Gasteiger partial charge in [-0.15, -0.1) is 11.3 Å². The van der Waals surface area contributed by atoms with Gasteiger partial charge in [0, 0.05) is 24.5 Å². The first-order valence-corrected chi connectivity index (χ1v) is 9.01. The summed E-state index contributed by atoms with van der Waals surface area (Å²) in [5, 5.41) is 11.6. The first kappa shape index (κ1) is 18.7. The molecule has 0 spiro atoms. The number of fused-ring (bicyclic) bond motifs is 1. The van der Waals surface area contributed by atoms with Crippen LogP contribution in [0.3, 0.4) is 0 Å². The molecule has 0 unspecified atom stereocenters. The molecule has 3 aromatic rings. The molecule has 0 bridgehead atoms. The number of amides is 2. The van der Waals surface area contributed by atoms with E-state index in [1.807, 2.05) is 24.3 Å². The number of carbonyl (C=O) groups is 2. The number of thiazole rings is 1. The maximum atomic E-state index is 12.0. The molecular formula is C17H13ClN4O4S. The van der Waals surface area contributed by atoms with Crippen molar-refractivity contribution in [2.75, 3.05) is 0 Å². The Labute approximate surface area is 162 Å². The zero-order valence-electron chi connectivity index (χ0n) is 13.8. The molecule has 0 atom stereocenters. The van der Waals surface area contributed by atoms with Crippen molar-refractivity contribution in [2.45, 2.75) is 12.8 Å². The van der Waals surface area contributed by atoms with Crippen molar-refractivity contribution in [2.24, 2.45) is 0 Å². The molecule has 138 valence electrons. The van der Waals surface area contributed by atoms with Crippen LogP contribution >= 0.6 is 22.9 Å². The van der Waals surface area contributed by atoms with E-state index >= 15 is 0 Å². The summed E-state index contributed by atoms with van der Waals surface area (Å²) < 4.78 is 1.05. The van der Waals surface area contributed by atoms with Gasteiger partial charge in [0.25, 0.3) is 11.6 Å². The maximum Gasteiger partial charge on any atom is 0.288 e. The van der Waals surface area contributed by atoms with Gasteiger partial charge >= 0.3 is 0 Å². The minimum Gasteiger partial charge on any atom is -0.273 e. The van der Waals surface area contributed by atoms with Gasteiger partial charge in [0.1, 0.15) is 5.02 Å². The molecule has 2 amide bonds. The van der Waals surface area contributed by atoms with Crippen molar-refractivity contribution < 1.29 is 14.5 Å². The highest BCUT2D eigenvalue weighted by atomic mass is 35.5. The minimum atomic E-state index is -0.685. The number of aryl methyl sites for hydroxylation is 1. The number of rotatable bonds is 5. The molecule has 0 fully saturated rings. The lowest BCUT2D eigenvalue weighted by Gasteiger charge is -2.07. The smallest absolute Gasteiger partial charge is 0.273 e. The van der Waals surface area contributed by atoms with Gasteiger partial charge in [-0.2, -0.15) is 0 Å². The molecule has 27 heavy (non-hydrogen) atoms. The molecule has 8 nitrogen and oxygen atoms in total. The molecular weight excluding hydrogens is 392 g/mol. The number of benzene rings is 2. The van der Waals surface area contributed by atoms with Crippen LogP contribution in [0.4, 0.5) is 5.69 Å². The number of hydrogen-bond donors (Lipinski definition) is 2. The maximum absolute atomic E-state index is 12.0. The number of nitrogens with one attached hydrogen (secondary N) is 2. The standard InChI is InChI=1S/C17H13ClN4O4S/c18-11-6-5-10(9-13(11)22(25)26)17(24)21-20-15(23)7-8-16-19-12-3-1-2-4-14(12)27-16/h1-6,9H,7-8H2,(H,20,23)(H,21,24). The van der Waals surface area contributed by atoms with Crippen molar-refractivity contribution in [3.05, 3.63) is 68.2 Å². The number of nitro groups is 1. The lowest BCUT2D eigenvalue weighted by atomic mass is 10.2. The third-order valence-corrected chi connectivity index (χ3v) is 5.04. The summed E-state index contributed by atoms with van der Waals surface area (Å²) in [6.07, 6.45) is 0.578. The Kier molecular flexibility index (Phi) is 5.63. The predicted octanol–water partition coefficient (Wildman–Crippen LogP) is 3.25. The molecule has 10 heteroatoms. The monoisotopic (exact) mass is 404 g/mol. The largest absolute Gasteiger partial charge is 0.288 e. The second-order valence-electron chi connectivity index (χ2n) is 5.50. The van der Waals surface area contributed by atoms with Crippen LogP contribution in [0, 0.1) is 10.1 Å². The summed E-state index contributed by atoms with van der Waals surface area (Å²) in [5.74, 6) is -1.07. The highest BCUT2D eigenvalue weighted by molar-refractivity contribution is 7.18. The van der Waals surface area contributed by atoms with Crippen LogP contribution in [-0.2, 0) is 11.2 Å². The topological polar surface area (TPSA) is 114 Å². The fraction of sp³-hybridized carbons (Fsp3) is 0.118. The van der Waals surface area contributed by atoms with E-state index in [4.69, 9.17) is 11.6 Å². The Morgan fingerprint density at radius 1 is 1.19 bits per heavy atom. The van der Waals surface area contributed by atoms with E-state index in [-0.39, 0.29) is 22.7 Å². The second kappa shape index (κ2) is 8.11. The van der Waals surface area contributed by atoms with Gasteiger partial charge in [-0.05, 0) is 24.3 Å². The molecule has 2 aromatic carbocycles. The van der Waals surface area contributed by atoms with Gasteiger partial charge in [0.15, 0.2) is 0 Å². The zero-order valence-corrected chi connectivity index (χ0v) is 15.3. The average molecular weight is 405 g/mol. The van der Waals surface area contributed by atoms with Crippen LogP contribution < -0.4 is 10.9 Å². The van der Waals surface area contributed by atoms with E-state index in [9.17, 15) is 19.7 Å². The van der Waals surface area contributed by atoms with Crippen molar-refractivity contribution >= 4 is 50.7 Å². The minimum absolute atomic E-state index is 0.0116. The molecule has 3 rings (SSSR count). The normalized spacial score (nSPS) is 10.6. The van der Waals surface area contributed by atoms with Crippen molar-refractivity contribution in [3.63, 3.8) is 0 Å². The Morgan fingerprint density at radius 3 is 2.70 bits per heavy atom. The Morgan fingerprint density at radius 2 is 1.96 bits per heavy atom. The van der Waals surface area contributed by atoms with E-state index in [0.717, 1.165) is 21.3 Å². The van der Waals surface area contributed by atoms with Crippen molar-refractivity contribution in [1.29, 1.82) is 0 Å². The summed E-state index contributed by atoms with van der Waals surface area (Å²) in [6, 6.07) is 11.3. The van der Waals surface area contributed by atoms with Gasteiger partial charge in [0.2, 0.25) is 5.91 Å². The van der Waals surface area contributed by atoms with Gasteiger partial charge in [-0.3, -0.25) is 30.6 Å². The van der Waals surface area contributed by atoms with Gasteiger partial charge in [0.05, 0.1) is 20.1 Å². The SMILES string of the molecule is O=C(CCc1nc2ccccc2s1)NNC(=O)c1ccc(Cl)c([N+](=O)[O-])c1. The first-order chi connectivity index (χ1) is 12.9. The molecule has 0 saturated carbocycles. The van der Waals surface area contributed by atoms with Crippen LogP contribution in [0.1, 0.15) is 21.8 Å². The number of nitro benzene ring substituents is 1. The van der Waals surface area contributed by atoms with E-state index in [1.54, 1.807) is 0 Å². The molecule has 0 aliphatic rings. The Balaban J connectivity index is 1.53. The summed E-state index contributed by atoms with van der Waals surface area (Å²) in [4.78, 5) is 38.6. The van der Waals surface area contributed by atoms with Gasteiger partial charge in [-0.1, -0.05) is 23.7 Å². The summed E-state index contributed by atoms with van der Waals surface area (Å²) >= 11 is 7.22. The summed E-state index contributed by atoms with van der Waals surface area (Å²) in [6.45, 7) is 0. The van der Waals surface area contributed by atoms with Crippen LogP contribution in [0.25, 0.3) is 10.2 Å². The van der Waals surface area contributed by atoms with Crippen molar-refractivity contribution in [3.8, 4) is 0 Å². The van der Waals surface area contributed by atoms with Crippen molar-refractivity contribution in [1.82, 2.24) is 15.8 Å². The number of nitrogens with zero attached hydrogens (tertiary/aromatic N) is 2.